The number of carbonyl (C=O) groups is 1. The summed E-state index contributed by atoms with van der Waals surface area (Å²) >= 11 is 3.40. The Morgan fingerprint density at radius 1 is 1.47 bits per heavy atom. The van der Waals surface area contributed by atoms with Crippen LogP contribution < -0.4 is 10.1 Å². The Kier molecular flexibility index (Phi) is 3.43. The molecule has 2 rings (SSSR count). The summed E-state index contributed by atoms with van der Waals surface area (Å²) in [4.78, 5) is 12.1. The Hall–Kier alpha value is -1.03. The molecular formula is C13H16BrNO2. The van der Waals surface area contributed by atoms with Gasteiger partial charge in [-0.1, -0.05) is 6.07 Å². The van der Waals surface area contributed by atoms with Gasteiger partial charge in [-0.15, -0.1) is 0 Å². The molecule has 0 spiro atoms. The number of nitrogens with one attached hydrogen (secondary N) is 1. The van der Waals surface area contributed by atoms with E-state index in [1.54, 1.807) is 13.2 Å². The van der Waals surface area contributed by atoms with E-state index in [0.29, 0.717) is 15.8 Å². The highest BCUT2D eigenvalue weighted by Crippen LogP contribution is 2.33. The van der Waals surface area contributed by atoms with Gasteiger partial charge in [0.25, 0.3) is 5.91 Å². The standard InChI is InChI=1S/C13H16BrNO2/c1-13(7-4-8-13)15-12(16)9-5-3-6-10(17-2)11(9)14/h3,5-6H,4,7-8H2,1-2H3,(H,15,16). The third kappa shape index (κ3) is 2.46. The van der Waals surface area contributed by atoms with Crippen LogP contribution >= 0.6 is 15.9 Å². The minimum atomic E-state index is -0.0435. The van der Waals surface area contributed by atoms with Gasteiger partial charge >= 0.3 is 0 Å². The van der Waals surface area contributed by atoms with E-state index in [9.17, 15) is 4.79 Å². The number of amides is 1. The lowest BCUT2D eigenvalue weighted by atomic mass is 9.78. The summed E-state index contributed by atoms with van der Waals surface area (Å²) in [6, 6.07) is 5.44. The summed E-state index contributed by atoms with van der Waals surface area (Å²) in [6.07, 6.45) is 3.30. The maximum absolute atomic E-state index is 12.1. The van der Waals surface area contributed by atoms with Crippen molar-refractivity contribution >= 4 is 21.8 Å². The minimum Gasteiger partial charge on any atom is -0.496 e. The Morgan fingerprint density at radius 3 is 2.71 bits per heavy atom. The molecule has 1 aliphatic rings. The SMILES string of the molecule is COc1cccc(C(=O)NC2(C)CCC2)c1Br. The summed E-state index contributed by atoms with van der Waals surface area (Å²) < 4.78 is 5.89. The molecule has 1 aromatic carbocycles. The summed E-state index contributed by atoms with van der Waals surface area (Å²) in [5.41, 5.74) is 0.594. The van der Waals surface area contributed by atoms with Crippen molar-refractivity contribution in [3.63, 3.8) is 0 Å². The highest BCUT2D eigenvalue weighted by molar-refractivity contribution is 9.10. The first-order chi connectivity index (χ1) is 8.06. The molecule has 4 heteroatoms. The van der Waals surface area contributed by atoms with E-state index in [0.717, 1.165) is 12.8 Å². The molecule has 0 atom stereocenters. The van der Waals surface area contributed by atoms with E-state index in [2.05, 4.69) is 28.2 Å². The van der Waals surface area contributed by atoms with Crippen molar-refractivity contribution in [1.29, 1.82) is 0 Å². The summed E-state index contributed by atoms with van der Waals surface area (Å²) in [5.74, 6) is 0.634. The number of rotatable bonds is 3. The van der Waals surface area contributed by atoms with Crippen LogP contribution in [0.1, 0.15) is 36.5 Å². The lowest BCUT2D eigenvalue weighted by Gasteiger charge is -2.39. The molecule has 0 aromatic heterocycles. The summed E-state index contributed by atoms with van der Waals surface area (Å²) in [6.45, 7) is 2.09. The molecule has 1 N–H and O–H groups in total. The van der Waals surface area contributed by atoms with Crippen LogP contribution in [0.25, 0.3) is 0 Å². The first kappa shape index (κ1) is 12.4. The second-order valence-corrected chi connectivity index (χ2v) is 5.48. The number of benzene rings is 1. The van der Waals surface area contributed by atoms with Crippen molar-refractivity contribution in [1.82, 2.24) is 5.32 Å². The predicted molar refractivity (Wildman–Crippen MR) is 70.4 cm³/mol. The van der Waals surface area contributed by atoms with E-state index in [1.807, 2.05) is 12.1 Å². The molecule has 1 aromatic rings. The number of hydrogen-bond donors (Lipinski definition) is 1. The largest absolute Gasteiger partial charge is 0.496 e. The fourth-order valence-electron chi connectivity index (χ4n) is 2.02. The molecule has 1 amide bonds. The normalized spacial score (nSPS) is 17.1. The van der Waals surface area contributed by atoms with Crippen LogP contribution in [0.15, 0.2) is 22.7 Å². The Labute approximate surface area is 110 Å². The molecule has 1 fully saturated rings. The summed E-state index contributed by atoms with van der Waals surface area (Å²) in [5, 5.41) is 3.08. The van der Waals surface area contributed by atoms with E-state index < -0.39 is 0 Å². The number of hydrogen-bond acceptors (Lipinski definition) is 2. The second-order valence-electron chi connectivity index (χ2n) is 4.69. The van der Waals surface area contributed by atoms with Crippen molar-refractivity contribution < 1.29 is 9.53 Å². The molecule has 0 bridgehead atoms. The molecular weight excluding hydrogens is 282 g/mol. The third-order valence-corrected chi connectivity index (χ3v) is 4.12. The van der Waals surface area contributed by atoms with E-state index in [-0.39, 0.29) is 11.4 Å². The van der Waals surface area contributed by atoms with Crippen LogP contribution in [0.4, 0.5) is 0 Å². The Morgan fingerprint density at radius 2 is 2.18 bits per heavy atom. The maximum atomic E-state index is 12.1. The molecule has 0 heterocycles. The lowest BCUT2D eigenvalue weighted by molar-refractivity contribution is 0.0849. The van der Waals surface area contributed by atoms with E-state index in [1.165, 1.54) is 6.42 Å². The van der Waals surface area contributed by atoms with Gasteiger partial charge in [0.05, 0.1) is 17.1 Å². The average molecular weight is 298 g/mol. The number of ether oxygens (including phenoxy) is 1. The van der Waals surface area contributed by atoms with Gasteiger partial charge < -0.3 is 10.1 Å². The molecule has 1 aliphatic carbocycles. The van der Waals surface area contributed by atoms with Gasteiger partial charge in [-0.25, -0.2) is 0 Å². The second kappa shape index (κ2) is 4.69. The van der Waals surface area contributed by atoms with Gasteiger partial charge in [-0.2, -0.15) is 0 Å². The predicted octanol–water partition coefficient (Wildman–Crippen LogP) is 3.13. The van der Waals surface area contributed by atoms with Crippen molar-refractivity contribution in [2.24, 2.45) is 0 Å². The Bertz CT molecular complexity index is 441. The Balaban J connectivity index is 2.19. The quantitative estimate of drug-likeness (QED) is 0.931. The highest BCUT2D eigenvalue weighted by atomic mass is 79.9. The molecule has 0 unspecified atom stereocenters. The number of halogens is 1. The van der Waals surface area contributed by atoms with Crippen LogP contribution in [0.3, 0.4) is 0 Å². The maximum Gasteiger partial charge on any atom is 0.252 e. The van der Waals surface area contributed by atoms with Gasteiger partial charge in [0.15, 0.2) is 0 Å². The van der Waals surface area contributed by atoms with Gasteiger partial charge in [0.2, 0.25) is 0 Å². The molecule has 0 radical (unpaired) electrons. The number of methoxy groups -OCH3 is 1. The fraction of sp³-hybridized carbons (Fsp3) is 0.462. The molecule has 0 aliphatic heterocycles. The molecule has 92 valence electrons. The van der Waals surface area contributed by atoms with Crippen molar-refractivity contribution in [3.8, 4) is 5.75 Å². The van der Waals surface area contributed by atoms with Crippen LogP contribution in [0.2, 0.25) is 0 Å². The molecule has 17 heavy (non-hydrogen) atoms. The van der Waals surface area contributed by atoms with Crippen molar-refractivity contribution in [2.75, 3.05) is 7.11 Å². The van der Waals surface area contributed by atoms with Crippen molar-refractivity contribution in [2.45, 2.75) is 31.7 Å². The zero-order valence-corrected chi connectivity index (χ0v) is 11.6. The first-order valence-electron chi connectivity index (χ1n) is 5.71. The lowest BCUT2D eigenvalue weighted by Crippen LogP contribution is -2.51. The monoisotopic (exact) mass is 297 g/mol. The fourth-order valence-corrected chi connectivity index (χ4v) is 2.62. The zero-order valence-electron chi connectivity index (χ0n) is 10.0. The van der Waals surface area contributed by atoms with E-state index in [4.69, 9.17) is 4.74 Å². The molecule has 1 saturated carbocycles. The topological polar surface area (TPSA) is 38.3 Å². The minimum absolute atomic E-state index is 0.0282. The smallest absolute Gasteiger partial charge is 0.252 e. The zero-order chi connectivity index (χ0) is 12.5. The van der Waals surface area contributed by atoms with Crippen LogP contribution in [0, 0.1) is 0 Å². The highest BCUT2D eigenvalue weighted by Gasteiger charge is 2.33. The first-order valence-corrected chi connectivity index (χ1v) is 6.50. The third-order valence-electron chi connectivity index (χ3n) is 3.30. The van der Waals surface area contributed by atoms with Gasteiger partial charge in [0.1, 0.15) is 5.75 Å². The van der Waals surface area contributed by atoms with Gasteiger partial charge in [-0.3, -0.25) is 4.79 Å². The van der Waals surface area contributed by atoms with Gasteiger partial charge in [-0.05, 0) is 54.2 Å². The average Bonchev–Trinajstić information content (AvgIpc) is 2.27. The van der Waals surface area contributed by atoms with Crippen LogP contribution in [-0.4, -0.2) is 18.6 Å². The molecule has 3 nitrogen and oxygen atoms in total. The van der Waals surface area contributed by atoms with Crippen molar-refractivity contribution in [3.05, 3.63) is 28.2 Å². The van der Waals surface area contributed by atoms with E-state index >= 15 is 0 Å². The molecule has 0 saturated heterocycles. The van der Waals surface area contributed by atoms with Crippen LogP contribution in [-0.2, 0) is 0 Å². The van der Waals surface area contributed by atoms with Crippen LogP contribution in [0.5, 0.6) is 5.75 Å². The van der Waals surface area contributed by atoms with Gasteiger partial charge in [0, 0.05) is 5.54 Å². The summed E-state index contributed by atoms with van der Waals surface area (Å²) in [7, 11) is 1.59. The number of carbonyl (C=O) groups excluding carboxylic acids is 1.